The monoisotopic (exact) mass is 364 g/mol. The number of phenolic OH excluding ortho intramolecular Hbond substituents is 3. The summed E-state index contributed by atoms with van der Waals surface area (Å²) in [6.45, 7) is 0. The van der Waals surface area contributed by atoms with Crippen molar-refractivity contribution in [3.8, 4) is 17.2 Å². The largest absolute Gasteiger partial charge is 0.508 e. The number of aromatic hydroxyl groups is 3. The van der Waals surface area contributed by atoms with Gasteiger partial charge in [0.15, 0.2) is 0 Å². The minimum Gasteiger partial charge on any atom is -0.508 e. The lowest BCUT2D eigenvalue weighted by molar-refractivity contribution is 0.471. The van der Waals surface area contributed by atoms with Gasteiger partial charge in [0.25, 0.3) is 0 Å². The van der Waals surface area contributed by atoms with Crippen molar-refractivity contribution in [2.75, 3.05) is 0 Å². The Kier molecular flexibility index (Phi) is 2.83. The molecule has 0 aliphatic heterocycles. The molecule has 5 aromatic rings. The van der Waals surface area contributed by atoms with Crippen LogP contribution in [0.2, 0.25) is 0 Å². The molecule has 1 aliphatic carbocycles. The van der Waals surface area contributed by atoms with Crippen molar-refractivity contribution >= 4 is 49.2 Å². The third-order valence-electron chi connectivity index (χ3n) is 5.89. The third kappa shape index (κ3) is 1.88. The molecule has 1 aliphatic rings. The quantitative estimate of drug-likeness (QED) is 0.296. The van der Waals surface area contributed by atoms with Crippen LogP contribution in [-0.2, 0) is 6.42 Å². The predicted molar refractivity (Wildman–Crippen MR) is 114 cm³/mol. The highest BCUT2D eigenvalue weighted by Gasteiger charge is 2.19. The van der Waals surface area contributed by atoms with E-state index in [4.69, 9.17) is 0 Å². The van der Waals surface area contributed by atoms with Crippen molar-refractivity contribution in [3.63, 3.8) is 0 Å². The molecule has 3 N–H and O–H groups in total. The summed E-state index contributed by atoms with van der Waals surface area (Å²) in [5, 5.41) is 38.9. The lowest BCUT2D eigenvalue weighted by Gasteiger charge is -2.19. The maximum Gasteiger partial charge on any atom is 0.124 e. The molecule has 3 heteroatoms. The van der Waals surface area contributed by atoms with Gasteiger partial charge in [-0.2, -0.15) is 0 Å². The molecule has 0 amide bonds. The van der Waals surface area contributed by atoms with Crippen LogP contribution in [0.3, 0.4) is 0 Å². The topological polar surface area (TPSA) is 60.7 Å². The number of fused-ring (bicyclic) bond motifs is 6. The van der Waals surface area contributed by atoms with E-state index in [9.17, 15) is 15.3 Å². The second kappa shape index (κ2) is 5.17. The smallest absolute Gasteiger partial charge is 0.124 e. The minimum absolute atomic E-state index is 0.230. The Labute approximate surface area is 160 Å². The molecule has 0 radical (unpaired) electrons. The summed E-state index contributed by atoms with van der Waals surface area (Å²) in [5.74, 6) is 0.776. The molecule has 0 atom stereocenters. The van der Waals surface area contributed by atoms with Crippen LogP contribution in [-0.4, -0.2) is 15.3 Å². The highest BCUT2D eigenvalue weighted by Crippen LogP contribution is 2.45. The predicted octanol–water partition coefficient (Wildman–Crippen LogP) is 5.99. The molecule has 28 heavy (non-hydrogen) atoms. The van der Waals surface area contributed by atoms with Crippen LogP contribution in [0.5, 0.6) is 17.2 Å². The summed E-state index contributed by atoms with van der Waals surface area (Å²) in [5.41, 5.74) is 1.93. The molecule has 0 saturated carbocycles. The van der Waals surface area contributed by atoms with E-state index in [0.717, 1.165) is 54.2 Å². The van der Waals surface area contributed by atoms with Gasteiger partial charge in [-0.1, -0.05) is 36.4 Å². The molecule has 0 saturated heterocycles. The average molecular weight is 364 g/mol. The van der Waals surface area contributed by atoms with Crippen LogP contribution < -0.4 is 0 Å². The Morgan fingerprint density at radius 3 is 2.32 bits per heavy atom. The van der Waals surface area contributed by atoms with Crippen molar-refractivity contribution in [2.24, 2.45) is 0 Å². The van der Waals surface area contributed by atoms with E-state index >= 15 is 0 Å². The minimum atomic E-state index is 0.230. The molecule has 6 rings (SSSR count). The maximum absolute atomic E-state index is 10.8. The van der Waals surface area contributed by atoms with Crippen molar-refractivity contribution in [3.05, 3.63) is 71.8 Å². The van der Waals surface area contributed by atoms with Crippen LogP contribution in [0.15, 0.2) is 60.7 Å². The van der Waals surface area contributed by atoms with Gasteiger partial charge < -0.3 is 15.3 Å². The molecule has 5 aromatic carbocycles. The third-order valence-corrected chi connectivity index (χ3v) is 5.89. The van der Waals surface area contributed by atoms with E-state index in [1.807, 2.05) is 36.4 Å². The van der Waals surface area contributed by atoms with Gasteiger partial charge in [-0.05, 0) is 74.6 Å². The second-order valence-corrected chi connectivity index (χ2v) is 7.45. The van der Waals surface area contributed by atoms with E-state index in [1.165, 1.54) is 0 Å². The van der Waals surface area contributed by atoms with Gasteiger partial charge in [-0.3, -0.25) is 0 Å². The number of hydrogen-bond donors (Lipinski definition) is 3. The molecular weight excluding hydrogens is 348 g/mol. The van der Waals surface area contributed by atoms with Crippen LogP contribution in [0, 0.1) is 0 Å². The van der Waals surface area contributed by atoms with E-state index in [0.29, 0.717) is 12.2 Å². The first kappa shape index (κ1) is 15.3. The molecule has 0 fully saturated rings. The molecule has 0 unspecified atom stereocenters. The van der Waals surface area contributed by atoms with Gasteiger partial charge in [0, 0.05) is 16.3 Å². The fourth-order valence-electron chi connectivity index (χ4n) is 4.69. The fourth-order valence-corrected chi connectivity index (χ4v) is 4.69. The molecular formula is C25H16O3. The van der Waals surface area contributed by atoms with Crippen LogP contribution in [0.25, 0.3) is 49.2 Å². The van der Waals surface area contributed by atoms with Crippen LogP contribution >= 0.6 is 0 Å². The molecule has 0 aromatic heterocycles. The molecule has 0 bridgehead atoms. The first-order chi connectivity index (χ1) is 13.6. The van der Waals surface area contributed by atoms with E-state index < -0.39 is 0 Å². The van der Waals surface area contributed by atoms with Crippen molar-refractivity contribution in [2.45, 2.75) is 6.42 Å². The Morgan fingerprint density at radius 2 is 1.43 bits per heavy atom. The van der Waals surface area contributed by atoms with Gasteiger partial charge in [0.2, 0.25) is 0 Å². The summed E-state index contributed by atoms with van der Waals surface area (Å²) in [6, 6.07) is 16.8. The summed E-state index contributed by atoms with van der Waals surface area (Å²) in [6.07, 6.45) is 4.78. The summed E-state index contributed by atoms with van der Waals surface area (Å²) < 4.78 is 0. The highest BCUT2D eigenvalue weighted by molar-refractivity contribution is 6.30. The normalized spacial score (nSPS) is 13.1. The molecule has 3 nitrogen and oxygen atoms in total. The molecule has 0 spiro atoms. The summed E-state index contributed by atoms with van der Waals surface area (Å²) in [7, 11) is 0. The zero-order valence-corrected chi connectivity index (χ0v) is 14.9. The van der Waals surface area contributed by atoms with Crippen molar-refractivity contribution in [1.29, 1.82) is 0 Å². The van der Waals surface area contributed by atoms with Crippen LogP contribution in [0.4, 0.5) is 0 Å². The maximum atomic E-state index is 10.8. The standard InChI is InChI=1S/C25H16O3/c26-16-6-7-17-13(10-16)4-5-15-12-22(28)20-11-14-2-1-3-18-21(27)9-8-19(23(14)18)25(20)24(15)17/h1-2,4-12,26-28H,3H2. The van der Waals surface area contributed by atoms with Crippen molar-refractivity contribution < 1.29 is 15.3 Å². The molecule has 0 heterocycles. The Balaban J connectivity index is 1.98. The number of rotatable bonds is 0. The summed E-state index contributed by atoms with van der Waals surface area (Å²) >= 11 is 0. The summed E-state index contributed by atoms with van der Waals surface area (Å²) in [4.78, 5) is 0. The van der Waals surface area contributed by atoms with E-state index in [2.05, 4.69) is 6.08 Å². The Bertz CT molecular complexity index is 1510. The Hall–Kier alpha value is -3.72. The van der Waals surface area contributed by atoms with E-state index in [-0.39, 0.29) is 11.5 Å². The SMILES string of the molecule is Oc1ccc2c(ccc3cc(O)c4cc5c6c(c(O)ccc6c4c32)CC=C5)c1. The lowest BCUT2D eigenvalue weighted by Crippen LogP contribution is -1.95. The average Bonchev–Trinajstić information content (AvgIpc) is 2.70. The zero-order valence-electron chi connectivity index (χ0n) is 14.9. The van der Waals surface area contributed by atoms with Gasteiger partial charge in [-0.25, -0.2) is 0 Å². The fraction of sp³-hybridized carbons (Fsp3) is 0.0400. The van der Waals surface area contributed by atoms with Crippen LogP contribution in [0.1, 0.15) is 11.1 Å². The van der Waals surface area contributed by atoms with Crippen molar-refractivity contribution in [1.82, 2.24) is 0 Å². The Morgan fingerprint density at radius 1 is 0.607 bits per heavy atom. The van der Waals surface area contributed by atoms with Gasteiger partial charge in [0.05, 0.1) is 0 Å². The first-order valence-electron chi connectivity index (χ1n) is 9.27. The molecule has 134 valence electrons. The lowest BCUT2D eigenvalue weighted by atomic mass is 9.86. The number of hydrogen-bond acceptors (Lipinski definition) is 3. The zero-order chi connectivity index (χ0) is 19.0. The highest BCUT2D eigenvalue weighted by atomic mass is 16.3. The second-order valence-electron chi connectivity index (χ2n) is 7.45. The van der Waals surface area contributed by atoms with Gasteiger partial charge in [-0.15, -0.1) is 0 Å². The number of phenols is 3. The van der Waals surface area contributed by atoms with Gasteiger partial charge >= 0.3 is 0 Å². The van der Waals surface area contributed by atoms with E-state index in [1.54, 1.807) is 24.3 Å². The van der Waals surface area contributed by atoms with Gasteiger partial charge in [0.1, 0.15) is 17.2 Å². The first-order valence-corrected chi connectivity index (χ1v) is 9.27. The number of allylic oxidation sites excluding steroid dienone is 1. The number of benzene rings is 5.